The lowest BCUT2D eigenvalue weighted by Gasteiger charge is -2.14. The first-order chi connectivity index (χ1) is 7.10. The molecule has 0 radical (unpaired) electrons. The van der Waals surface area contributed by atoms with E-state index in [1.807, 2.05) is 6.92 Å². The monoisotopic (exact) mass is 223 g/mol. The van der Waals surface area contributed by atoms with E-state index in [2.05, 4.69) is 4.99 Å². The number of aromatic hydroxyl groups is 1. The summed E-state index contributed by atoms with van der Waals surface area (Å²) in [4.78, 5) is 14.1. The molecule has 15 heavy (non-hydrogen) atoms. The van der Waals surface area contributed by atoms with E-state index < -0.39 is 5.54 Å². The van der Waals surface area contributed by atoms with Gasteiger partial charge in [0.25, 0.3) is 0 Å². The van der Waals surface area contributed by atoms with Gasteiger partial charge in [-0.2, -0.15) is 4.99 Å². The molecule has 0 aromatic heterocycles. The largest absolute Gasteiger partial charge is 0.508 e. The Morgan fingerprint density at radius 2 is 2.20 bits per heavy atom. The van der Waals surface area contributed by atoms with Crippen LogP contribution in [-0.2, 0) is 10.3 Å². The molecule has 1 saturated carbocycles. The fourth-order valence-corrected chi connectivity index (χ4v) is 2.04. The van der Waals surface area contributed by atoms with Crippen LogP contribution in [0.3, 0.4) is 0 Å². The van der Waals surface area contributed by atoms with Crippen molar-refractivity contribution in [3.8, 4) is 5.75 Å². The second-order valence-electron chi connectivity index (χ2n) is 3.80. The molecule has 1 N–H and O–H groups in total. The lowest BCUT2D eigenvalue weighted by atomic mass is 9.98. The highest BCUT2D eigenvalue weighted by molar-refractivity contribution is 6.31. The van der Waals surface area contributed by atoms with Crippen LogP contribution in [0.15, 0.2) is 17.1 Å². The minimum absolute atomic E-state index is 0.147. The highest BCUT2D eigenvalue weighted by atomic mass is 35.5. The van der Waals surface area contributed by atoms with Crippen LogP contribution in [0.25, 0.3) is 0 Å². The van der Waals surface area contributed by atoms with E-state index in [1.165, 1.54) is 6.07 Å². The first-order valence-electron chi connectivity index (χ1n) is 4.68. The molecule has 1 aliphatic rings. The summed E-state index contributed by atoms with van der Waals surface area (Å²) in [5, 5.41) is 10.3. The van der Waals surface area contributed by atoms with Crippen molar-refractivity contribution in [3.63, 3.8) is 0 Å². The number of benzene rings is 1. The van der Waals surface area contributed by atoms with E-state index >= 15 is 0 Å². The van der Waals surface area contributed by atoms with Gasteiger partial charge in [-0.05, 0) is 37.5 Å². The highest BCUT2D eigenvalue weighted by Crippen LogP contribution is 2.53. The van der Waals surface area contributed by atoms with Crippen LogP contribution < -0.4 is 0 Å². The zero-order chi connectivity index (χ0) is 11.1. The predicted molar refractivity (Wildman–Crippen MR) is 56.9 cm³/mol. The van der Waals surface area contributed by atoms with Gasteiger partial charge in [0.2, 0.25) is 6.08 Å². The van der Waals surface area contributed by atoms with Crippen LogP contribution in [0.4, 0.5) is 0 Å². The maximum atomic E-state index is 10.3. The summed E-state index contributed by atoms with van der Waals surface area (Å²) in [6.45, 7) is 1.82. The van der Waals surface area contributed by atoms with E-state index in [1.54, 1.807) is 12.1 Å². The van der Waals surface area contributed by atoms with Gasteiger partial charge in [-0.15, -0.1) is 0 Å². The zero-order valence-electron chi connectivity index (χ0n) is 8.25. The molecule has 0 spiro atoms. The maximum absolute atomic E-state index is 10.3. The number of aliphatic imine (C=N–C) groups is 1. The van der Waals surface area contributed by atoms with Crippen molar-refractivity contribution in [1.29, 1.82) is 0 Å². The third kappa shape index (κ3) is 1.54. The molecule has 0 atom stereocenters. The number of phenols is 1. The average molecular weight is 224 g/mol. The van der Waals surface area contributed by atoms with E-state index in [4.69, 9.17) is 11.6 Å². The highest BCUT2D eigenvalue weighted by Gasteiger charge is 2.47. The number of phenolic OH excluding ortho intramolecular Hbond substituents is 1. The molecule has 4 heteroatoms. The molecule has 1 aliphatic carbocycles. The summed E-state index contributed by atoms with van der Waals surface area (Å²) in [6.07, 6.45) is 3.09. The van der Waals surface area contributed by atoms with Gasteiger partial charge < -0.3 is 5.11 Å². The Morgan fingerprint density at radius 1 is 1.53 bits per heavy atom. The molecule has 1 fully saturated rings. The smallest absolute Gasteiger partial charge is 0.235 e. The van der Waals surface area contributed by atoms with E-state index in [9.17, 15) is 9.90 Å². The number of hydrogen-bond acceptors (Lipinski definition) is 3. The Balaban J connectivity index is 2.62. The van der Waals surface area contributed by atoms with E-state index in [-0.39, 0.29) is 5.75 Å². The van der Waals surface area contributed by atoms with Crippen molar-refractivity contribution in [2.24, 2.45) is 4.99 Å². The summed E-state index contributed by atoms with van der Waals surface area (Å²) >= 11 is 5.97. The van der Waals surface area contributed by atoms with Gasteiger partial charge in [0.15, 0.2) is 0 Å². The minimum atomic E-state index is -0.569. The Morgan fingerprint density at radius 3 is 2.73 bits per heavy atom. The molecular formula is C11H10ClNO2. The number of carbonyl (C=O) groups excluding carboxylic acids is 1. The normalized spacial score (nSPS) is 16.9. The van der Waals surface area contributed by atoms with Gasteiger partial charge in [0.05, 0.1) is 0 Å². The summed E-state index contributed by atoms with van der Waals surface area (Å²) in [5.74, 6) is 0.147. The molecule has 0 bridgehead atoms. The lowest BCUT2D eigenvalue weighted by Crippen LogP contribution is -2.05. The van der Waals surface area contributed by atoms with Gasteiger partial charge in [-0.25, -0.2) is 4.79 Å². The number of nitrogens with zero attached hydrogens (tertiary/aromatic N) is 1. The van der Waals surface area contributed by atoms with Gasteiger partial charge in [0.1, 0.15) is 11.3 Å². The molecule has 0 aliphatic heterocycles. The van der Waals surface area contributed by atoms with Crippen molar-refractivity contribution >= 4 is 17.7 Å². The third-order valence-corrected chi connectivity index (χ3v) is 3.23. The van der Waals surface area contributed by atoms with Crippen LogP contribution in [0, 0.1) is 6.92 Å². The first kappa shape index (κ1) is 10.2. The quantitative estimate of drug-likeness (QED) is 0.619. The summed E-state index contributed by atoms with van der Waals surface area (Å²) in [6, 6.07) is 3.17. The first-order valence-corrected chi connectivity index (χ1v) is 5.06. The second kappa shape index (κ2) is 3.37. The SMILES string of the molecule is Cc1c(Cl)ccc(O)c1C1(N=C=O)CC1. The summed E-state index contributed by atoms with van der Waals surface area (Å²) in [7, 11) is 0. The molecule has 2 rings (SSSR count). The van der Waals surface area contributed by atoms with Crippen LogP contribution >= 0.6 is 11.6 Å². The van der Waals surface area contributed by atoms with Crippen molar-refractivity contribution in [2.75, 3.05) is 0 Å². The molecule has 0 amide bonds. The van der Waals surface area contributed by atoms with Crippen LogP contribution in [0.2, 0.25) is 5.02 Å². The molecule has 0 heterocycles. The predicted octanol–water partition coefficient (Wildman–Crippen LogP) is 2.68. The maximum Gasteiger partial charge on any atom is 0.235 e. The molecule has 1 aromatic carbocycles. The van der Waals surface area contributed by atoms with E-state index in [0.717, 1.165) is 18.4 Å². The Bertz CT molecular complexity index is 460. The summed E-state index contributed by atoms with van der Waals surface area (Å²) in [5.41, 5.74) is 0.882. The van der Waals surface area contributed by atoms with Gasteiger partial charge in [0, 0.05) is 10.6 Å². The van der Waals surface area contributed by atoms with Crippen LogP contribution in [-0.4, -0.2) is 11.2 Å². The average Bonchev–Trinajstić information content (AvgIpc) is 2.94. The molecule has 0 saturated heterocycles. The number of halogens is 1. The fourth-order valence-electron chi connectivity index (χ4n) is 1.88. The molecule has 1 aromatic rings. The van der Waals surface area contributed by atoms with Gasteiger partial charge in [-0.1, -0.05) is 11.6 Å². The minimum Gasteiger partial charge on any atom is -0.508 e. The summed E-state index contributed by atoms with van der Waals surface area (Å²) < 4.78 is 0. The third-order valence-electron chi connectivity index (χ3n) is 2.83. The Kier molecular flexibility index (Phi) is 2.29. The molecular weight excluding hydrogens is 214 g/mol. The molecule has 78 valence electrons. The van der Waals surface area contributed by atoms with Crippen LogP contribution in [0.5, 0.6) is 5.75 Å². The topological polar surface area (TPSA) is 49.7 Å². The van der Waals surface area contributed by atoms with Crippen molar-refractivity contribution in [3.05, 3.63) is 28.3 Å². The fraction of sp³-hybridized carbons (Fsp3) is 0.364. The van der Waals surface area contributed by atoms with Gasteiger partial charge in [-0.3, -0.25) is 0 Å². The molecule has 3 nitrogen and oxygen atoms in total. The lowest BCUT2D eigenvalue weighted by molar-refractivity contribution is 0.458. The number of isocyanates is 1. The van der Waals surface area contributed by atoms with Crippen molar-refractivity contribution in [1.82, 2.24) is 0 Å². The number of hydrogen-bond donors (Lipinski definition) is 1. The Labute approximate surface area is 92.4 Å². The standard InChI is InChI=1S/C11H10ClNO2/c1-7-8(12)2-3-9(15)10(7)11(4-5-11)13-6-14/h2-3,15H,4-5H2,1H3. The molecule has 0 unspecified atom stereocenters. The van der Waals surface area contributed by atoms with Crippen molar-refractivity contribution in [2.45, 2.75) is 25.3 Å². The number of rotatable bonds is 2. The van der Waals surface area contributed by atoms with Crippen molar-refractivity contribution < 1.29 is 9.90 Å². The van der Waals surface area contributed by atoms with E-state index in [0.29, 0.717) is 10.6 Å². The van der Waals surface area contributed by atoms with Crippen LogP contribution in [0.1, 0.15) is 24.0 Å². The zero-order valence-corrected chi connectivity index (χ0v) is 9.01. The second-order valence-corrected chi connectivity index (χ2v) is 4.21. The Hall–Kier alpha value is -1.31. The van der Waals surface area contributed by atoms with Gasteiger partial charge >= 0.3 is 0 Å².